The summed E-state index contributed by atoms with van der Waals surface area (Å²) in [6.07, 6.45) is 1.05. The minimum Gasteiger partial charge on any atom is -0.461 e. The van der Waals surface area contributed by atoms with Gasteiger partial charge in [-0.2, -0.15) is 0 Å². The van der Waals surface area contributed by atoms with Crippen LogP contribution in [0.4, 0.5) is 0 Å². The molecule has 1 unspecified atom stereocenters. The molecule has 0 saturated heterocycles. The molecule has 0 fully saturated rings. The quantitative estimate of drug-likeness (QED) is 0.628. The number of halogens is 1. The van der Waals surface area contributed by atoms with Gasteiger partial charge < -0.3 is 10.1 Å². The zero-order chi connectivity index (χ0) is 12.7. The lowest BCUT2D eigenvalue weighted by Crippen LogP contribution is -2.29. The fourth-order valence-corrected chi connectivity index (χ4v) is 1.51. The lowest BCUT2D eigenvalue weighted by atomic mass is 10.2. The van der Waals surface area contributed by atoms with Gasteiger partial charge in [-0.15, -0.1) is 0 Å². The van der Waals surface area contributed by atoms with Crippen LogP contribution < -0.4 is 5.32 Å². The maximum absolute atomic E-state index is 11.6. The number of benzene rings is 1. The van der Waals surface area contributed by atoms with Gasteiger partial charge >= 0.3 is 5.97 Å². The Kier molecular flexibility index (Phi) is 6.01. The SMILES string of the molecule is CCC(C)NCCOC(=O)c1ccccc1Cl. The van der Waals surface area contributed by atoms with Gasteiger partial charge in [-0.1, -0.05) is 30.7 Å². The number of esters is 1. The van der Waals surface area contributed by atoms with Crippen molar-refractivity contribution in [3.8, 4) is 0 Å². The summed E-state index contributed by atoms with van der Waals surface area (Å²) < 4.78 is 5.12. The highest BCUT2D eigenvalue weighted by atomic mass is 35.5. The molecule has 1 N–H and O–H groups in total. The predicted octanol–water partition coefficient (Wildman–Crippen LogP) is 2.88. The van der Waals surface area contributed by atoms with Crippen LogP contribution in [-0.4, -0.2) is 25.2 Å². The molecular weight excluding hydrogens is 238 g/mol. The van der Waals surface area contributed by atoms with E-state index in [4.69, 9.17) is 16.3 Å². The summed E-state index contributed by atoms with van der Waals surface area (Å²) in [5.74, 6) is -0.374. The Hall–Kier alpha value is -1.06. The molecule has 1 rings (SSSR count). The van der Waals surface area contributed by atoms with E-state index in [0.717, 1.165) is 6.42 Å². The van der Waals surface area contributed by atoms with Crippen LogP contribution in [0.15, 0.2) is 24.3 Å². The first-order chi connectivity index (χ1) is 8.15. The number of nitrogens with one attached hydrogen (secondary N) is 1. The molecule has 0 saturated carbocycles. The van der Waals surface area contributed by atoms with Gasteiger partial charge in [0, 0.05) is 12.6 Å². The maximum Gasteiger partial charge on any atom is 0.339 e. The molecule has 0 spiro atoms. The van der Waals surface area contributed by atoms with Gasteiger partial charge in [0.15, 0.2) is 0 Å². The largest absolute Gasteiger partial charge is 0.461 e. The number of carbonyl (C=O) groups is 1. The van der Waals surface area contributed by atoms with Crippen molar-refractivity contribution in [1.29, 1.82) is 0 Å². The van der Waals surface area contributed by atoms with Gasteiger partial charge in [0.2, 0.25) is 0 Å². The zero-order valence-electron chi connectivity index (χ0n) is 10.2. The van der Waals surface area contributed by atoms with Crippen molar-refractivity contribution in [3.05, 3.63) is 34.9 Å². The van der Waals surface area contributed by atoms with E-state index in [9.17, 15) is 4.79 Å². The standard InChI is InChI=1S/C13H18ClNO2/c1-3-10(2)15-8-9-17-13(16)11-6-4-5-7-12(11)14/h4-7,10,15H,3,8-9H2,1-2H3. The van der Waals surface area contributed by atoms with Crippen LogP contribution in [0.25, 0.3) is 0 Å². The molecule has 1 aromatic carbocycles. The second-order valence-electron chi connectivity index (χ2n) is 3.88. The third-order valence-electron chi connectivity index (χ3n) is 2.53. The Balaban J connectivity index is 2.33. The molecule has 1 aromatic rings. The number of rotatable bonds is 6. The topological polar surface area (TPSA) is 38.3 Å². The van der Waals surface area contributed by atoms with E-state index in [1.807, 2.05) is 0 Å². The summed E-state index contributed by atoms with van der Waals surface area (Å²) in [7, 11) is 0. The van der Waals surface area contributed by atoms with E-state index in [2.05, 4.69) is 19.2 Å². The van der Waals surface area contributed by atoms with E-state index < -0.39 is 0 Å². The molecule has 17 heavy (non-hydrogen) atoms. The van der Waals surface area contributed by atoms with Crippen LogP contribution >= 0.6 is 11.6 Å². The summed E-state index contributed by atoms with van der Waals surface area (Å²) in [6.45, 7) is 5.21. The monoisotopic (exact) mass is 255 g/mol. The average Bonchev–Trinajstić information content (AvgIpc) is 2.34. The number of carbonyl (C=O) groups excluding carboxylic acids is 1. The predicted molar refractivity (Wildman–Crippen MR) is 69.5 cm³/mol. The van der Waals surface area contributed by atoms with Crippen LogP contribution in [0.2, 0.25) is 5.02 Å². The second kappa shape index (κ2) is 7.30. The van der Waals surface area contributed by atoms with Gasteiger partial charge in [-0.05, 0) is 25.5 Å². The molecule has 0 bridgehead atoms. The van der Waals surface area contributed by atoms with Crippen molar-refractivity contribution in [2.24, 2.45) is 0 Å². The van der Waals surface area contributed by atoms with Crippen molar-refractivity contribution in [1.82, 2.24) is 5.32 Å². The van der Waals surface area contributed by atoms with Gasteiger partial charge in [0.05, 0.1) is 10.6 Å². The van der Waals surface area contributed by atoms with Crippen molar-refractivity contribution in [3.63, 3.8) is 0 Å². The third kappa shape index (κ3) is 4.75. The lowest BCUT2D eigenvalue weighted by Gasteiger charge is -2.11. The maximum atomic E-state index is 11.6. The molecule has 1 atom stereocenters. The van der Waals surface area contributed by atoms with Gasteiger partial charge in [-0.25, -0.2) is 4.79 Å². The molecular formula is C13H18ClNO2. The van der Waals surface area contributed by atoms with Crippen LogP contribution in [0, 0.1) is 0 Å². The Morgan fingerprint density at radius 2 is 2.18 bits per heavy atom. The summed E-state index contributed by atoms with van der Waals surface area (Å²) in [5.41, 5.74) is 0.415. The van der Waals surface area contributed by atoms with E-state index >= 15 is 0 Å². The molecule has 0 aliphatic carbocycles. The number of hydrogen-bond donors (Lipinski definition) is 1. The van der Waals surface area contributed by atoms with Crippen molar-refractivity contribution in [2.45, 2.75) is 26.3 Å². The number of ether oxygens (including phenoxy) is 1. The first kappa shape index (κ1) is 14.0. The second-order valence-corrected chi connectivity index (χ2v) is 4.29. The van der Waals surface area contributed by atoms with Crippen molar-refractivity contribution >= 4 is 17.6 Å². The van der Waals surface area contributed by atoms with Crippen LogP contribution in [-0.2, 0) is 4.74 Å². The van der Waals surface area contributed by atoms with Gasteiger partial charge in [-0.3, -0.25) is 0 Å². The molecule has 0 aliphatic rings. The lowest BCUT2D eigenvalue weighted by molar-refractivity contribution is 0.0506. The van der Waals surface area contributed by atoms with Crippen LogP contribution in [0.1, 0.15) is 30.6 Å². The molecule has 0 aromatic heterocycles. The summed E-state index contributed by atoms with van der Waals surface area (Å²) >= 11 is 5.89. The highest BCUT2D eigenvalue weighted by Gasteiger charge is 2.10. The fraction of sp³-hybridized carbons (Fsp3) is 0.462. The van der Waals surface area contributed by atoms with E-state index in [1.54, 1.807) is 24.3 Å². The molecule has 3 nitrogen and oxygen atoms in total. The summed E-state index contributed by atoms with van der Waals surface area (Å²) in [4.78, 5) is 11.6. The highest BCUT2D eigenvalue weighted by molar-refractivity contribution is 6.33. The molecule has 94 valence electrons. The molecule has 0 amide bonds. The summed E-state index contributed by atoms with van der Waals surface area (Å²) in [6, 6.07) is 7.32. The molecule has 0 heterocycles. The van der Waals surface area contributed by atoms with Crippen molar-refractivity contribution in [2.75, 3.05) is 13.2 Å². The fourth-order valence-electron chi connectivity index (χ4n) is 1.30. The number of hydrogen-bond acceptors (Lipinski definition) is 3. The minimum atomic E-state index is -0.374. The average molecular weight is 256 g/mol. The van der Waals surface area contributed by atoms with E-state index in [-0.39, 0.29) is 5.97 Å². The van der Waals surface area contributed by atoms with Gasteiger partial charge in [0.25, 0.3) is 0 Å². The van der Waals surface area contributed by atoms with Crippen molar-refractivity contribution < 1.29 is 9.53 Å². The zero-order valence-corrected chi connectivity index (χ0v) is 11.0. The first-order valence-electron chi connectivity index (χ1n) is 5.80. The Bertz CT molecular complexity index is 368. The van der Waals surface area contributed by atoms with E-state index in [0.29, 0.717) is 29.8 Å². The highest BCUT2D eigenvalue weighted by Crippen LogP contribution is 2.15. The Morgan fingerprint density at radius 3 is 2.82 bits per heavy atom. The normalized spacial score (nSPS) is 12.2. The Labute approximate surface area is 107 Å². The third-order valence-corrected chi connectivity index (χ3v) is 2.86. The van der Waals surface area contributed by atoms with E-state index in [1.165, 1.54) is 0 Å². The first-order valence-corrected chi connectivity index (χ1v) is 6.18. The Morgan fingerprint density at radius 1 is 1.47 bits per heavy atom. The summed E-state index contributed by atoms with van der Waals surface area (Å²) in [5, 5.41) is 3.67. The van der Waals surface area contributed by atoms with Gasteiger partial charge in [0.1, 0.15) is 6.61 Å². The molecule has 0 aliphatic heterocycles. The smallest absolute Gasteiger partial charge is 0.339 e. The minimum absolute atomic E-state index is 0.356. The van der Waals surface area contributed by atoms with Crippen LogP contribution in [0.3, 0.4) is 0 Å². The molecule has 0 radical (unpaired) electrons. The molecule has 4 heteroatoms. The van der Waals surface area contributed by atoms with Crippen LogP contribution in [0.5, 0.6) is 0 Å².